The van der Waals surface area contributed by atoms with Gasteiger partial charge in [0.2, 0.25) is 0 Å². The molecule has 1 fully saturated rings. The lowest BCUT2D eigenvalue weighted by molar-refractivity contribution is 0.221. The zero-order valence-corrected chi connectivity index (χ0v) is 8.19. The number of rotatable bonds is 3. The summed E-state index contributed by atoms with van der Waals surface area (Å²) in [5, 5.41) is 22.9. The van der Waals surface area contributed by atoms with Gasteiger partial charge in [0.05, 0.1) is 0 Å². The van der Waals surface area contributed by atoms with E-state index in [0.717, 1.165) is 25.1 Å². The number of aromatic nitrogens is 4. The zero-order chi connectivity index (χ0) is 9.80. The Balaban J connectivity index is 1.84. The van der Waals surface area contributed by atoms with Crippen LogP contribution >= 0.6 is 0 Å². The molecule has 1 heterocycles. The van der Waals surface area contributed by atoms with Gasteiger partial charge in [-0.25, -0.2) is 0 Å². The Kier molecular flexibility index (Phi) is 3.08. The lowest BCUT2D eigenvalue weighted by atomic mass is 9.80. The molecule has 0 bridgehead atoms. The van der Waals surface area contributed by atoms with Crippen molar-refractivity contribution in [3.8, 4) is 0 Å². The molecule has 0 saturated heterocycles. The molecule has 0 unspecified atom stereocenters. The predicted octanol–water partition coefficient (Wildman–Crippen LogP) is 0.856. The standard InChI is InChI=1S/C9H16N4O/c14-6-5-7-1-3-8(4-2-7)9-10-12-13-11-9/h7-8,14H,1-6H2,(H,10,11,12,13). The molecule has 5 nitrogen and oxygen atoms in total. The molecular formula is C9H16N4O. The van der Waals surface area contributed by atoms with Crippen molar-refractivity contribution >= 4 is 0 Å². The van der Waals surface area contributed by atoms with Crippen molar-refractivity contribution in [1.82, 2.24) is 20.6 Å². The van der Waals surface area contributed by atoms with Crippen LogP contribution in [-0.4, -0.2) is 32.3 Å². The van der Waals surface area contributed by atoms with Gasteiger partial charge in [0.25, 0.3) is 0 Å². The molecule has 1 aliphatic rings. The van der Waals surface area contributed by atoms with Gasteiger partial charge in [-0.2, -0.15) is 5.21 Å². The number of tetrazole rings is 1. The van der Waals surface area contributed by atoms with E-state index in [4.69, 9.17) is 5.11 Å². The highest BCUT2D eigenvalue weighted by molar-refractivity contribution is 4.93. The van der Waals surface area contributed by atoms with Crippen molar-refractivity contribution in [2.45, 2.75) is 38.0 Å². The molecule has 5 heteroatoms. The molecule has 2 rings (SSSR count). The first-order chi connectivity index (χ1) is 6.90. The summed E-state index contributed by atoms with van der Waals surface area (Å²) in [6, 6.07) is 0. The fourth-order valence-electron chi connectivity index (χ4n) is 2.23. The first kappa shape index (κ1) is 9.58. The largest absolute Gasteiger partial charge is 0.396 e. The Hall–Kier alpha value is -0.970. The molecule has 2 N–H and O–H groups in total. The highest BCUT2D eigenvalue weighted by atomic mass is 16.3. The second kappa shape index (κ2) is 4.50. The number of aliphatic hydroxyl groups is 1. The average molecular weight is 196 g/mol. The third-order valence-electron chi connectivity index (χ3n) is 3.11. The molecule has 1 aromatic heterocycles. The van der Waals surface area contributed by atoms with Crippen LogP contribution in [0.2, 0.25) is 0 Å². The molecule has 0 spiro atoms. The summed E-state index contributed by atoms with van der Waals surface area (Å²) in [5.41, 5.74) is 0. The molecule has 0 aromatic carbocycles. The van der Waals surface area contributed by atoms with Crippen LogP contribution in [0, 0.1) is 5.92 Å². The highest BCUT2D eigenvalue weighted by Gasteiger charge is 2.24. The van der Waals surface area contributed by atoms with Gasteiger partial charge >= 0.3 is 0 Å². The second-order valence-electron chi connectivity index (χ2n) is 4.00. The molecule has 1 aliphatic carbocycles. The van der Waals surface area contributed by atoms with Crippen LogP contribution in [-0.2, 0) is 0 Å². The lowest BCUT2D eigenvalue weighted by Gasteiger charge is -2.25. The maximum absolute atomic E-state index is 8.83. The van der Waals surface area contributed by atoms with Gasteiger partial charge < -0.3 is 5.11 Å². The molecule has 0 atom stereocenters. The molecular weight excluding hydrogens is 180 g/mol. The molecule has 1 saturated carbocycles. The van der Waals surface area contributed by atoms with Gasteiger partial charge in [-0.3, -0.25) is 0 Å². The first-order valence-electron chi connectivity index (χ1n) is 5.24. The Bertz CT molecular complexity index is 254. The first-order valence-corrected chi connectivity index (χ1v) is 5.24. The quantitative estimate of drug-likeness (QED) is 0.751. The van der Waals surface area contributed by atoms with Crippen molar-refractivity contribution in [2.24, 2.45) is 5.92 Å². The van der Waals surface area contributed by atoms with Crippen LogP contribution in [0.5, 0.6) is 0 Å². The molecule has 1 aromatic rings. The summed E-state index contributed by atoms with van der Waals surface area (Å²) >= 11 is 0. The summed E-state index contributed by atoms with van der Waals surface area (Å²) in [7, 11) is 0. The fourth-order valence-corrected chi connectivity index (χ4v) is 2.23. The van der Waals surface area contributed by atoms with E-state index < -0.39 is 0 Å². The Labute approximate surface area is 82.9 Å². The van der Waals surface area contributed by atoms with Crippen molar-refractivity contribution in [3.63, 3.8) is 0 Å². The average Bonchev–Trinajstić information content (AvgIpc) is 2.72. The van der Waals surface area contributed by atoms with Crippen molar-refractivity contribution in [3.05, 3.63) is 5.82 Å². The Morgan fingerprint density at radius 1 is 1.29 bits per heavy atom. The monoisotopic (exact) mass is 196 g/mol. The van der Waals surface area contributed by atoms with E-state index in [2.05, 4.69) is 20.6 Å². The summed E-state index contributed by atoms with van der Waals surface area (Å²) in [6.45, 7) is 0.317. The minimum Gasteiger partial charge on any atom is -0.396 e. The number of nitrogens with zero attached hydrogens (tertiary/aromatic N) is 3. The minimum absolute atomic E-state index is 0.317. The number of nitrogens with one attached hydrogen (secondary N) is 1. The van der Waals surface area contributed by atoms with Crippen LogP contribution in [0.3, 0.4) is 0 Å². The summed E-state index contributed by atoms with van der Waals surface area (Å²) in [6.07, 6.45) is 5.56. The predicted molar refractivity (Wildman–Crippen MR) is 50.6 cm³/mol. The third-order valence-corrected chi connectivity index (χ3v) is 3.11. The van der Waals surface area contributed by atoms with Gasteiger partial charge in [-0.1, -0.05) is 5.21 Å². The maximum Gasteiger partial charge on any atom is 0.177 e. The smallest absolute Gasteiger partial charge is 0.177 e. The van der Waals surface area contributed by atoms with Gasteiger partial charge in [-0.05, 0) is 38.0 Å². The van der Waals surface area contributed by atoms with Crippen LogP contribution in [0.25, 0.3) is 0 Å². The Morgan fingerprint density at radius 3 is 2.64 bits per heavy atom. The van der Waals surface area contributed by atoms with E-state index in [1.165, 1.54) is 12.8 Å². The highest BCUT2D eigenvalue weighted by Crippen LogP contribution is 2.34. The van der Waals surface area contributed by atoms with Gasteiger partial charge in [0.1, 0.15) is 0 Å². The van der Waals surface area contributed by atoms with Gasteiger partial charge in [0.15, 0.2) is 5.82 Å². The SMILES string of the molecule is OCCC1CCC(c2nn[nH]n2)CC1. The van der Waals surface area contributed by atoms with Crippen molar-refractivity contribution in [1.29, 1.82) is 0 Å². The minimum atomic E-state index is 0.317. The molecule has 14 heavy (non-hydrogen) atoms. The zero-order valence-electron chi connectivity index (χ0n) is 8.19. The molecule has 0 amide bonds. The molecule has 0 radical (unpaired) electrons. The van der Waals surface area contributed by atoms with E-state index in [1.807, 2.05) is 0 Å². The van der Waals surface area contributed by atoms with E-state index in [0.29, 0.717) is 18.4 Å². The third kappa shape index (κ3) is 2.09. The van der Waals surface area contributed by atoms with Crippen LogP contribution in [0.4, 0.5) is 0 Å². The van der Waals surface area contributed by atoms with Crippen LogP contribution < -0.4 is 0 Å². The van der Waals surface area contributed by atoms with E-state index in [-0.39, 0.29) is 0 Å². The van der Waals surface area contributed by atoms with Gasteiger partial charge in [-0.15, -0.1) is 10.2 Å². The summed E-state index contributed by atoms with van der Waals surface area (Å²) in [5.74, 6) is 2.03. The summed E-state index contributed by atoms with van der Waals surface area (Å²) < 4.78 is 0. The topological polar surface area (TPSA) is 74.7 Å². The lowest BCUT2D eigenvalue weighted by Crippen LogP contribution is -2.15. The number of H-pyrrole nitrogens is 1. The van der Waals surface area contributed by atoms with Crippen molar-refractivity contribution < 1.29 is 5.11 Å². The molecule has 78 valence electrons. The second-order valence-corrected chi connectivity index (χ2v) is 4.00. The van der Waals surface area contributed by atoms with Crippen LogP contribution in [0.15, 0.2) is 0 Å². The maximum atomic E-state index is 8.83. The number of aliphatic hydroxyl groups excluding tert-OH is 1. The van der Waals surface area contributed by atoms with E-state index >= 15 is 0 Å². The fraction of sp³-hybridized carbons (Fsp3) is 0.889. The van der Waals surface area contributed by atoms with Crippen molar-refractivity contribution in [2.75, 3.05) is 6.61 Å². The number of aromatic amines is 1. The summed E-state index contributed by atoms with van der Waals surface area (Å²) in [4.78, 5) is 0. The normalized spacial score (nSPS) is 27.8. The van der Waals surface area contributed by atoms with E-state index in [1.54, 1.807) is 0 Å². The Morgan fingerprint density at radius 2 is 2.07 bits per heavy atom. The number of hydrogen-bond acceptors (Lipinski definition) is 4. The van der Waals surface area contributed by atoms with E-state index in [9.17, 15) is 0 Å². The number of hydrogen-bond donors (Lipinski definition) is 2. The van der Waals surface area contributed by atoms with Crippen LogP contribution in [0.1, 0.15) is 43.8 Å². The van der Waals surface area contributed by atoms with Gasteiger partial charge in [0, 0.05) is 12.5 Å². The molecule has 0 aliphatic heterocycles.